The number of likely N-dealkylation sites (tertiary alicyclic amines) is 1. The summed E-state index contributed by atoms with van der Waals surface area (Å²) in [5.74, 6) is 0. The summed E-state index contributed by atoms with van der Waals surface area (Å²) in [6.45, 7) is 12.0. The van der Waals surface area contributed by atoms with Crippen molar-refractivity contribution in [2.24, 2.45) is 0 Å². The molecule has 0 aromatic rings. The molecule has 9 nitrogen and oxygen atoms in total. The van der Waals surface area contributed by atoms with Crippen LogP contribution in [0.1, 0.15) is 41.5 Å². The minimum absolute atomic E-state index is 0.128. The van der Waals surface area contributed by atoms with E-state index >= 15 is 0 Å². The Morgan fingerprint density at radius 1 is 0.778 bits per heavy atom. The molecule has 2 fully saturated rings. The molecule has 2 rings (SSSR count). The first kappa shape index (κ1) is 21.7. The summed E-state index contributed by atoms with van der Waals surface area (Å²) in [5.41, 5.74) is -1.20. The number of hydrogen-bond acceptors (Lipinski definition) is 6. The first-order valence-corrected chi connectivity index (χ1v) is 10.6. The molecule has 27 heavy (non-hydrogen) atoms. The Morgan fingerprint density at radius 2 is 1.19 bits per heavy atom. The van der Waals surface area contributed by atoms with Crippen molar-refractivity contribution >= 4 is 22.2 Å². The second-order valence-electron chi connectivity index (χ2n) is 8.92. The number of piperazine rings is 1. The molecule has 2 aliphatic heterocycles. The van der Waals surface area contributed by atoms with Crippen molar-refractivity contribution in [3.8, 4) is 0 Å². The van der Waals surface area contributed by atoms with E-state index in [0.717, 1.165) is 0 Å². The summed E-state index contributed by atoms with van der Waals surface area (Å²) in [7, 11) is -3.51. The fraction of sp³-hybridized carbons (Fsp3) is 0.882. The van der Waals surface area contributed by atoms with Crippen LogP contribution in [0.2, 0.25) is 0 Å². The molecule has 2 heterocycles. The summed E-state index contributed by atoms with van der Waals surface area (Å²) in [4.78, 5) is 27.0. The summed E-state index contributed by atoms with van der Waals surface area (Å²) >= 11 is 0. The second kappa shape index (κ2) is 7.46. The van der Waals surface area contributed by atoms with Crippen LogP contribution in [0.15, 0.2) is 0 Å². The Kier molecular flexibility index (Phi) is 6.01. The average Bonchev–Trinajstić information content (AvgIpc) is 2.41. The van der Waals surface area contributed by atoms with Crippen molar-refractivity contribution in [3.63, 3.8) is 0 Å². The molecule has 2 amide bonds. The predicted molar refractivity (Wildman–Crippen MR) is 99.9 cm³/mol. The predicted octanol–water partition coefficient (Wildman–Crippen LogP) is 1.49. The van der Waals surface area contributed by atoms with E-state index in [1.807, 2.05) is 0 Å². The van der Waals surface area contributed by atoms with E-state index in [-0.39, 0.29) is 39.3 Å². The van der Waals surface area contributed by atoms with Crippen LogP contribution in [0, 0.1) is 0 Å². The van der Waals surface area contributed by atoms with Crippen molar-refractivity contribution < 1.29 is 27.5 Å². The first-order chi connectivity index (χ1) is 12.2. The zero-order chi connectivity index (χ0) is 20.6. The lowest BCUT2D eigenvalue weighted by molar-refractivity contribution is 0.0121. The highest BCUT2D eigenvalue weighted by Gasteiger charge is 2.45. The van der Waals surface area contributed by atoms with Gasteiger partial charge in [-0.3, -0.25) is 0 Å². The molecule has 0 aromatic carbocycles. The molecule has 0 radical (unpaired) electrons. The van der Waals surface area contributed by atoms with Gasteiger partial charge in [-0.1, -0.05) is 0 Å². The van der Waals surface area contributed by atoms with Crippen LogP contribution in [-0.4, -0.2) is 90.4 Å². The van der Waals surface area contributed by atoms with Gasteiger partial charge in [-0.15, -0.1) is 0 Å². The molecule has 2 aliphatic rings. The van der Waals surface area contributed by atoms with Crippen molar-refractivity contribution in [2.45, 2.75) is 58.0 Å². The highest BCUT2D eigenvalue weighted by atomic mass is 32.2. The standard InChI is InChI=1S/C17H31N3O6S/c1-16(2,3)25-14(21)18-7-9-20(10-8-18)27(23,24)13-11-19(12-13)15(22)26-17(4,5)6/h13H,7-12H2,1-6H3. The summed E-state index contributed by atoms with van der Waals surface area (Å²) < 4.78 is 37.4. The Labute approximate surface area is 161 Å². The molecule has 10 heteroatoms. The van der Waals surface area contributed by atoms with Crippen LogP contribution in [0.3, 0.4) is 0 Å². The maximum absolute atomic E-state index is 12.7. The Balaban J connectivity index is 1.84. The Morgan fingerprint density at radius 3 is 1.59 bits per heavy atom. The third-order valence-corrected chi connectivity index (χ3v) is 6.40. The van der Waals surface area contributed by atoms with E-state index in [1.165, 1.54) is 14.1 Å². The largest absolute Gasteiger partial charge is 0.444 e. The van der Waals surface area contributed by atoms with Crippen LogP contribution in [0.5, 0.6) is 0 Å². The molecule has 156 valence electrons. The van der Waals surface area contributed by atoms with Gasteiger partial charge in [0.15, 0.2) is 0 Å². The van der Waals surface area contributed by atoms with Gasteiger partial charge >= 0.3 is 12.2 Å². The van der Waals surface area contributed by atoms with Crippen LogP contribution in [0.25, 0.3) is 0 Å². The van der Waals surface area contributed by atoms with Gasteiger partial charge in [0.05, 0.1) is 0 Å². The lowest BCUT2D eigenvalue weighted by atomic mass is 10.2. The van der Waals surface area contributed by atoms with Gasteiger partial charge in [0, 0.05) is 39.3 Å². The molecule has 0 atom stereocenters. The molecular weight excluding hydrogens is 374 g/mol. The number of rotatable bonds is 2. The SMILES string of the molecule is CC(C)(C)OC(=O)N1CCN(S(=O)(=O)C2CN(C(=O)OC(C)(C)C)C2)CC1. The fourth-order valence-electron chi connectivity index (χ4n) is 2.76. The first-order valence-electron chi connectivity index (χ1n) is 9.14. The maximum atomic E-state index is 12.7. The third kappa shape index (κ3) is 5.71. The molecule has 0 aliphatic carbocycles. The maximum Gasteiger partial charge on any atom is 0.410 e. The van der Waals surface area contributed by atoms with E-state index in [2.05, 4.69) is 0 Å². The van der Waals surface area contributed by atoms with Gasteiger partial charge in [-0.25, -0.2) is 18.0 Å². The molecule has 0 saturated carbocycles. The topological polar surface area (TPSA) is 96.5 Å². The molecule has 0 aromatic heterocycles. The second-order valence-corrected chi connectivity index (χ2v) is 11.1. The van der Waals surface area contributed by atoms with E-state index in [4.69, 9.17) is 9.47 Å². The minimum atomic E-state index is -3.51. The molecule has 2 saturated heterocycles. The van der Waals surface area contributed by atoms with Gasteiger partial charge in [-0.2, -0.15) is 4.31 Å². The molecule has 0 N–H and O–H groups in total. The summed E-state index contributed by atoms with van der Waals surface area (Å²) in [5, 5.41) is -0.627. The number of nitrogens with zero attached hydrogens (tertiary/aromatic N) is 3. The number of hydrogen-bond donors (Lipinski definition) is 0. The molecule has 0 unspecified atom stereocenters. The smallest absolute Gasteiger partial charge is 0.410 e. The Hall–Kier alpha value is -1.55. The van der Waals surface area contributed by atoms with Gasteiger partial charge in [-0.05, 0) is 41.5 Å². The van der Waals surface area contributed by atoms with E-state index in [0.29, 0.717) is 0 Å². The fourth-order valence-corrected chi connectivity index (χ4v) is 4.60. The third-order valence-electron chi connectivity index (χ3n) is 4.17. The highest BCUT2D eigenvalue weighted by Crippen LogP contribution is 2.23. The van der Waals surface area contributed by atoms with Crippen molar-refractivity contribution in [2.75, 3.05) is 39.3 Å². The number of ether oxygens (including phenoxy) is 2. The molecule has 0 spiro atoms. The van der Waals surface area contributed by atoms with Crippen molar-refractivity contribution in [1.82, 2.24) is 14.1 Å². The minimum Gasteiger partial charge on any atom is -0.444 e. The number of amides is 2. The van der Waals surface area contributed by atoms with Gasteiger partial charge in [0.1, 0.15) is 16.5 Å². The zero-order valence-corrected chi connectivity index (χ0v) is 17.8. The van der Waals surface area contributed by atoms with E-state index in [9.17, 15) is 18.0 Å². The van der Waals surface area contributed by atoms with Crippen LogP contribution in [-0.2, 0) is 19.5 Å². The van der Waals surface area contributed by atoms with Crippen LogP contribution >= 0.6 is 0 Å². The number of carbonyl (C=O) groups excluding carboxylic acids is 2. The van der Waals surface area contributed by atoms with Crippen molar-refractivity contribution in [1.29, 1.82) is 0 Å². The van der Waals surface area contributed by atoms with E-state index in [1.54, 1.807) is 41.5 Å². The van der Waals surface area contributed by atoms with Gasteiger partial charge in [0.2, 0.25) is 10.0 Å². The Bertz CT molecular complexity index is 666. The molecule has 0 bridgehead atoms. The lowest BCUT2D eigenvalue weighted by Crippen LogP contribution is -2.62. The lowest BCUT2D eigenvalue weighted by Gasteiger charge is -2.42. The molecular formula is C17H31N3O6S. The quantitative estimate of drug-likeness (QED) is 0.691. The van der Waals surface area contributed by atoms with Gasteiger partial charge in [0.25, 0.3) is 0 Å². The number of sulfonamides is 1. The average molecular weight is 406 g/mol. The highest BCUT2D eigenvalue weighted by molar-refractivity contribution is 7.89. The van der Waals surface area contributed by atoms with E-state index < -0.39 is 38.7 Å². The van der Waals surface area contributed by atoms with Gasteiger partial charge < -0.3 is 19.3 Å². The normalized spacial score (nSPS) is 20.2. The van der Waals surface area contributed by atoms with Crippen molar-refractivity contribution in [3.05, 3.63) is 0 Å². The monoisotopic (exact) mass is 405 g/mol. The van der Waals surface area contributed by atoms with Crippen LogP contribution in [0.4, 0.5) is 9.59 Å². The summed E-state index contributed by atoms with van der Waals surface area (Å²) in [6, 6.07) is 0. The number of carbonyl (C=O) groups is 2. The van der Waals surface area contributed by atoms with Crippen LogP contribution < -0.4 is 0 Å². The zero-order valence-electron chi connectivity index (χ0n) is 17.0. The summed E-state index contributed by atoms with van der Waals surface area (Å²) in [6.07, 6.45) is -0.928.